The van der Waals surface area contributed by atoms with Crippen LogP contribution in [-0.2, 0) is 17.1 Å². The summed E-state index contributed by atoms with van der Waals surface area (Å²) in [4.78, 5) is 0. The van der Waals surface area contributed by atoms with Crippen molar-refractivity contribution in [3.05, 3.63) is 239 Å². The van der Waals surface area contributed by atoms with Crippen molar-refractivity contribution in [1.29, 1.82) is 0 Å². The van der Waals surface area contributed by atoms with Crippen molar-refractivity contribution >= 4 is 46.4 Å². The number of alkyl halides is 6. The lowest BCUT2D eigenvalue weighted by atomic mass is 9.33. The third-order valence-electron chi connectivity index (χ3n) is 15.8. The molecule has 0 aliphatic carbocycles. The summed E-state index contributed by atoms with van der Waals surface area (Å²) in [5.74, 6) is 0. The first-order valence-electron chi connectivity index (χ1n) is 27.1. The maximum atomic E-state index is 15.8. The van der Waals surface area contributed by atoms with Crippen LogP contribution in [0.15, 0.2) is 194 Å². The summed E-state index contributed by atoms with van der Waals surface area (Å²) in [6, 6.07) is 58.3. The van der Waals surface area contributed by atoms with E-state index in [1.807, 2.05) is 181 Å². The molecule has 0 atom stereocenters. The van der Waals surface area contributed by atoms with Gasteiger partial charge in [-0.1, -0.05) is 199 Å². The number of fused-ring (bicyclic) bond motifs is 2. The lowest BCUT2D eigenvalue weighted by Crippen LogP contribution is -3.03. The molecule has 12 rings (SSSR count). The molecular weight excluding hydrogens is 1040 g/mol. The Labute approximate surface area is 468 Å². The van der Waals surface area contributed by atoms with E-state index in [-0.39, 0.29) is 11.5 Å². The molecule has 0 amide bonds. The first-order valence-corrected chi connectivity index (χ1v) is 27.6. The van der Waals surface area contributed by atoms with E-state index in [1.54, 1.807) is 12.1 Å². The predicted molar refractivity (Wildman–Crippen MR) is 313 cm³/mol. The highest BCUT2D eigenvalue weighted by molar-refractivity contribution is 7.20. The van der Waals surface area contributed by atoms with Crippen LogP contribution in [0.25, 0.3) is 56.4 Å². The van der Waals surface area contributed by atoms with E-state index in [1.165, 1.54) is 12.8 Å². The van der Waals surface area contributed by atoms with Gasteiger partial charge in [-0.2, -0.15) is 26.3 Å². The molecule has 0 radical (unpaired) electrons. The number of rotatable bonds is 8. The third-order valence-corrected chi connectivity index (χ3v) is 16.3. The highest BCUT2D eigenvalue weighted by Gasteiger charge is 2.58. The van der Waals surface area contributed by atoms with Crippen LogP contribution in [0.1, 0.15) is 57.3 Å². The van der Waals surface area contributed by atoms with Gasteiger partial charge in [-0.3, -0.25) is 0 Å². The van der Waals surface area contributed by atoms with Gasteiger partial charge in [0.25, 0.3) is 6.13 Å². The Kier molecular flexibility index (Phi) is 14.4. The fourth-order valence-corrected chi connectivity index (χ4v) is 13.5. The number of nitrogens with zero attached hydrogens (tertiary/aromatic N) is 4. The van der Waals surface area contributed by atoms with Crippen LogP contribution in [0.2, 0.25) is 0 Å². The molecule has 2 aromatic heterocycles. The van der Waals surface area contributed by atoms with Gasteiger partial charge >= 0.3 is 18.8 Å². The lowest BCUT2D eigenvalue weighted by molar-refractivity contribution is -0.654. The molecule has 4 heterocycles. The van der Waals surface area contributed by atoms with Gasteiger partial charge in [0, 0.05) is 35.5 Å². The first-order chi connectivity index (χ1) is 38.4. The molecule has 14 heteroatoms. The zero-order valence-electron chi connectivity index (χ0n) is 45.4. The van der Waals surface area contributed by atoms with E-state index in [0.29, 0.717) is 50.8 Å². The van der Waals surface area contributed by atoms with Gasteiger partial charge in [0.1, 0.15) is 22.8 Å². The van der Waals surface area contributed by atoms with E-state index in [9.17, 15) is 0 Å². The molecule has 10 aromatic rings. The minimum absolute atomic E-state index is 0.221. The van der Waals surface area contributed by atoms with E-state index in [4.69, 9.17) is 16.2 Å². The Hall–Kier alpha value is -7.86. The minimum Gasteiger partial charge on any atom is -0.411 e. The number of hydrogen-bond acceptors (Lipinski definition) is 1. The summed E-state index contributed by atoms with van der Waals surface area (Å²) in [7, 11) is 0. The quantitative estimate of drug-likeness (QED) is 0.110. The molecule has 0 N–H and O–H groups in total. The van der Waals surface area contributed by atoms with Crippen LogP contribution < -0.4 is 31.3 Å². The Morgan fingerprint density at radius 3 is 1.07 bits per heavy atom. The first kappa shape index (κ1) is 54.1. The average molecular weight is 1100 g/mol. The number of halogens is 7. The summed E-state index contributed by atoms with van der Waals surface area (Å²) in [5, 5.41) is 0. The summed E-state index contributed by atoms with van der Waals surface area (Å²) < 4.78 is 108. The summed E-state index contributed by atoms with van der Waals surface area (Å²) in [5.41, 5.74) is 10.9. The van der Waals surface area contributed by atoms with Gasteiger partial charge in [0.2, 0.25) is 0 Å². The van der Waals surface area contributed by atoms with Crippen molar-refractivity contribution in [2.45, 2.75) is 66.7 Å². The fourth-order valence-electron chi connectivity index (χ4n) is 13.0. The number of imidazole rings is 2. The van der Waals surface area contributed by atoms with Crippen molar-refractivity contribution < 1.29 is 40.0 Å². The Bertz CT molecular complexity index is 3640. The van der Waals surface area contributed by atoms with Gasteiger partial charge in [-0.05, 0) is 82.7 Å². The van der Waals surface area contributed by atoms with Gasteiger partial charge in [-0.15, -0.1) is 10.9 Å². The predicted octanol–water partition coefficient (Wildman–Crippen LogP) is 13.2. The van der Waals surface area contributed by atoms with Crippen LogP contribution in [0, 0.1) is 41.5 Å². The molecule has 1 fully saturated rings. The van der Waals surface area contributed by atoms with Gasteiger partial charge in [-0.25, -0.2) is 9.13 Å². The van der Waals surface area contributed by atoms with Crippen molar-refractivity contribution in [2.24, 2.45) is 0 Å². The van der Waals surface area contributed by atoms with E-state index in [2.05, 4.69) is 42.4 Å². The van der Waals surface area contributed by atoms with Crippen LogP contribution in [0.5, 0.6) is 0 Å². The van der Waals surface area contributed by atoms with Gasteiger partial charge in [0.15, 0.2) is 11.4 Å². The smallest absolute Gasteiger partial charge is 0.411 e. The van der Waals surface area contributed by atoms with E-state index in [0.717, 1.165) is 81.2 Å². The number of aromatic nitrogens is 4. The summed E-state index contributed by atoms with van der Waals surface area (Å²) in [6.07, 6.45) is -13.8. The molecule has 0 unspecified atom stereocenters. The number of hydrogen-bond donors (Lipinski definition) is 0. The van der Waals surface area contributed by atoms with Crippen molar-refractivity contribution in [3.8, 4) is 56.4 Å². The second-order valence-electron chi connectivity index (χ2n) is 21.4. The molecule has 80 heavy (non-hydrogen) atoms. The maximum Gasteiger partial charge on any atom is 0.433 e. The lowest BCUT2D eigenvalue weighted by Gasteiger charge is -2.46. The summed E-state index contributed by atoms with van der Waals surface area (Å²) >= 11 is 8.74. The molecule has 1 saturated heterocycles. The second kappa shape index (κ2) is 21.3. The minimum atomic E-state index is -5.20. The van der Waals surface area contributed by atoms with Crippen molar-refractivity contribution in [1.82, 2.24) is 9.13 Å². The maximum absolute atomic E-state index is 15.8. The van der Waals surface area contributed by atoms with E-state index < -0.39 is 36.0 Å². The Morgan fingerprint density at radius 2 is 0.762 bits per heavy atom. The van der Waals surface area contributed by atoms with Crippen LogP contribution >= 0.6 is 11.5 Å². The largest absolute Gasteiger partial charge is 0.433 e. The highest BCUT2D eigenvalue weighted by atomic mass is 35.5. The molecule has 0 spiro atoms. The fraction of sp³-hybridized carbons (Fsp3) is 0.182. The average Bonchev–Trinajstić information content (AvgIpc) is 4.40. The molecule has 0 bridgehead atoms. The Balaban J connectivity index is 0.00000128. The molecule has 5 nitrogen and oxygen atoms in total. The molecule has 2 aliphatic rings. The molecule has 404 valence electrons. The monoisotopic (exact) mass is 1090 g/mol. The molecule has 0 saturated carbocycles. The normalized spacial score (nSPS) is 16.0. The third kappa shape index (κ3) is 9.37. The van der Waals surface area contributed by atoms with Crippen LogP contribution in [0.4, 0.5) is 26.3 Å². The van der Waals surface area contributed by atoms with Crippen molar-refractivity contribution in [2.75, 3.05) is 13.2 Å². The number of benzene rings is 8. The number of aryl methyl sites for hydroxylation is 6. The van der Waals surface area contributed by atoms with Crippen LogP contribution in [0.3, 0.4) is 0 Å². The highest BCUT2D eigenvalue weighted by Crippen LogP contribution is 2.41. The standard InChI is InChI=1S/C62H51B2ClF6N4.C4H8O/c1-39-32-41(3)53(42(4)33-39)72-55(45-22-12-7-13-23-45)57(47-26-16-9-17-27-47)74-59(72)63(65)60-73(54-43(5)34-40(2)35-44(54)6)56(46-24-14-8-15-25-46)58(48-28-18-10-19-29-48)75(60)64(74,51-30-20-11-21-31-51)52-37-49(61(66,67)68)36-50(38-52)62(69,70)71;1-2-4-5-3-1/h7-38,63H,1-6H3;1-4H2. The molecule has 2 aliphatic heterocycles. The summed E-state index contributed by atoms with van der Waals surface area (Å²) in [6.45, 7) is 14.2. The van der Waals surface area contributed by atoms with Crippen molar-refractivity contribution in [3.63, 3.8) is 0 Å². The van der Waals surface area contributed by atoms with Crippen LogP contribution in [-0.4, -0.2) is 34.9 Å². The Morgan fingerprint density at radius 1 is 0.438 bits per heavy atom. The topological polar surface area (TPSA) is 26.8 Å². The molecular formula is C66H59B2ClF6N4O. The molecule has 8 aromatic carbocycles. The number of ether oxygens (including phenoxy) is 1. The van der Waals surface area contributed by atoms with Gasteiger partial charge in [0.05, 0.1) is 22.6 Å². The van der Waals surface area contributed by atoms with E-state index >= 15 is 26.3 Å². The SMILES string of the molecule is C1CCOC1.Cc1cc(C)c(-n2c(-c3ccccc3)c(-c3ccccc3)[n+]3c2[BH-](Cl)c2n(-c4c(C)cc(C)cc4C)c(-c4ccccc4)c(-c4ccccc4)[n+]2[B-]3(c2ccccc2)c2cc(C(F)(F)F)cc(C(F)(F)F)c2)c(C)c1. The second-order valence-corrected chi connectivity index (χ2v) is 21.9. The zero-order chi connectivity index (χ0) is 56.3. The van der Waals surface area contributed by atoms with Gasteiger partial charge < -0.3 is 25.2 Å². The zero-order valence-corrected chi connectivity index (χ0v) is 46.2.